The monoisotopic (exact) mass is 187 g/mol. The number of nitrogens with one attached hydrogen (secondary N) is 1. The Morgan fingerprint density at radius 2 is 2.08 bits per heavy atom. The number of hydrogen-bond acceptors (Lipinski definition) is 2. The number of unbranched alkanes of at least 4 members (excludes halogenated alkanes) is 1. The van der Waals surface area contributed by atoms with Crippen LogP contribution in [0.5, 0.6) is 0 Å². The second kappa shape index (κ2) is 7.34. The minimum absolute atomic E-state index is 0.344. The summed E-state index contributed by atoms with van der Waals surface area (Å²) in [5.74, 6) is 1.85. The fraction of sp³-hybridized carbons (Fsp3) is 1.00. The van der Waals surface area contributed by atoms with E-state index in [0.29, 0.717) is 6.61 Å². The Labute approximate surface area is 82.7 Å². The van der Waals surface area contributed by atoms with Crippen molar-refractivity contribution in [2.24, 2.45) is 11.8 Å². The molecule has 0 saturated heterocycles. The third kappa shape index (κ3) is 6.05. The summed E-state index contributed by atoms with van der Waals surface area (Å²) in [4.78, 5) is 0. The standard InChI is InChI=1S/C7H15N.C4H10O/c1-5(2)6-4-7(6)8-3;1-2-3-4-5/h5-8H,4H2,1-3H3;5H,2-4H2,1H3. The lowest BCUT2D eigenvalue weighted by atomic mass is 10.1. The molecule has 1 aliphatic carbocycles. The summed E-state index contributed by atoms with van der Waals surface area (Å²) < 4.78 is 0. The first-order valence-corrected chi connectivity index (χ1v) is 5.45. The van der Waals surface area contributed by atoms with E-state index in [0.717, 1.165) is 30.7 Å². The first-order valence-electron chi connectivity index (χ1n) is 5.45. The third-order valence-electron chi connectivity index (χ3n) is 2.58. The Morgan fingerprint density at radius 1 is 1.46 bits per heavy atom. The van der Waals surface area contributed by atoms with Crippen LogP contribution in [0, 0.1) is 11.8 Å². The van der Waals surface area contributed by atoms with Gasteiger partial charge in [-0.25, -0.2) is 0 Å². The summed E-state index contributed by atoms with van der Waals surface area (Å²) >= 11 is 0. The molecule has 0 aromatic rings. The van der Waals surface area contributed by atoms with E-state index in [1.165, 1.54) is 6.42 Å². The molecule has 1 saturated carbocycles. The summed E-state index contributed by atoms with van der Waals surface area (Å²) in [5, 5.41) is 11.3. The molecule has 13 heavy (non-hydrogen) atoms. The molecule has 2 nitrogen and oxygen atoms in total. The van der Waals surface area contributed by atoms with Gasteiger partial charge in [0, 0.05) is 12.6 Å². The van der Waals surface area contributed by atoms with Crippen LogP contribution in [0.1, 0.15) is 40.0 Å². The van der Waals surface area contributed by atoms with E-state index in [4.69, 9.17) is 5.11 Å². The smallest absolute Gasteiger partial charge is 0.0430 e. The number of aliphatic hydroxyl groups is 1. The minimum atomic E-state index is 0.344. The number of rotatable bonds is 4. The van der Waals surface area contributed by atoms with Crippen molar-refractivity contribution in [3.05, 3.63) is 0 Å². The first kappa shape index (κ1) is 12.9. The Bertz CT molecular complexity index is 113. The van der Waals surface area contributed by atoms with E-state index in [9.17, 15) is 0 Å². The van der Waals surface area contributed by atoms with Crippen LogP contribution < -0.4 is 5.32 Å². The molecule has 0 aromatic carbocycles. The van der Waals surface area contributed by atoms with Gasteiger partial charge in [0.25, 0.3) is 0 Å². The van der Waals surface area contributed by atoms with Crippen molar-refractivity contribution in [1.82, 2.24) is 5.32 Å². The van der Waals surface area contributed by atoms with Crippen LogP contribution in [0.4, 0.5) is 0 Å². The van der Waals surface area contributed by atoms with E-state index in [1.807, 2.05) is 7.05 Å². The molecule has 0 aromatic heterocycles. The molecule has 1 fully saturated rings. The van der Waals surface area contributed by atoms with Gasteiger partial charge in [-0.05, 0) is 31.7 Å². The average molecular weight is 187 g/mol. The summed E-state index contributed by atoms with van der Waals surface area (Å²) in [5.41, 5.74) is 0. The number of aliphatic hydroxyl groups excluding tert-OH is 1. The zero-order valence-corrected chi connectivity index (χ0v) is 9.51. The molecular weight excluding hydrogens is 162 g/mol. The van der Waals surface area contributed by atoms with Crippen molar-refractivity contribution in [3.63, 3.8) is 0 Å². The van der Waals surface area contributed by atoms with Crippen LogP contribution in [-0.2, 0) is 0 Å². The maximum Gasteiger partial charge on any atom is 0.0430 e. The van der Waals surface area contributed by atoms with Crippen molar-refractivity contribution < 1.29 is 5.11 Å². The van der Waals surface area contributed by atoms with Gasteiger partial charge >= 0.3 is 0 Å². The van der Waals surface area contributed by atoms with E-state index >= 15 is 0 Å². The molecule has 2 heteroatoms. The van der Waals surface area contributed by atoms with Crippen LogP contribution in [0.15, 0.2) is 0 Å². The summed E-state index contributed by atoms with van der Waals surface area (Å²) in [6, 6.07) is 0.843. The highest BCUT2D eigenvalue weighted by Crippen LogP contribution is 2.36. The van der Waals surface area contributed by atoms with Crippen molar-refractivity contribution in [2.75, 3.05) is 13.7 Å². The van der Waals surface area contributed by atoms with Crippen molar-refractivity contribution in [3.8, 4) is 0 Å². The van der Waals surface area contributed by atoms with Gasteiger partial charge in [-0.3, -0.25) is 0 Å². The third-order valence-corrected chi connectivity index (χ3v) is 2.58. The van der Waals surface area contributed by atoms with E-state index in [2.05, 4.69) is 26.1 Å². The zero-order valence-electron chi connectivity index (χ0n) is 9.51. The highest BCUT2D eigenvalue weighted by atomic mass is 16.2. The van der Waals surface area contributed by atoms with Crippen LogP contribution in [0.2, 0.25) is 0 Å². The van der Waals surface area contributed by atoms with Gasteiger partial charge in [-0.15, -0.1) is 0 Å². The molecule has 1 aliphatic rings. The Hall–Kier alpha value is -0.0800. The highest BCUT2D eigenvalue weighted by molar-refractivity contribution is 4.93. The van der Waals surface area contributed by atoms with Gasteiger partial charge in [0.2, 0.25) is 0 Å². The quantitative estimate of drug-likeness (QED) is 0.706. The first-order chi connectivity index (χ1) is 6.17. The molecule has 2 N–H and O–H groups in total. The second-order valence-electron chi connectivity index (χ2n) is 4.12. The molecule has 80 valence electrons. The normalized spacial score (nSPS) is 25.4. The van der Waals surface area contributed by atoms with Crippen molar-refractivity contribution >= 4 is 0 Å². The Morgan fingerprint density at radius 3 is 2.15 bits per heavy atom. The van der Waals surface area contributed by atoms with Crippen molar-refractivity contribution in [1.29, 1.82) is 0 Å². The fourth-order valence-corrected chi connectivity index (χ4v) is 1.44. The van der Waals surface area contributed by atoms with Crippen LogP contribution in [0.25, 0.3) is 0 Å². The lowest BCUT2D eigenvalue weighted by Crippen LogP contribution is -2.12. The Kier molecular flexibility index (Phi) is 7.29. The van der Waals surface area contributed by atoms with Gasteiger partial charge in [-0.1, -0.05) is 27.2 Å². The van der Waals surface area contributed by atoms with Crippen molar-refractivity contribution in [2.45, 2.75) is 46.1 Å². The molecule has 0 heterocycles. The van der Waals surface area contributed by atoms with Gasteiger partial charge in [0.1, 0.15) is 0 Å². The molecule has 1 rings (SSSR count). The van der Waals surface area contributed by atoms with Gasteiger partial charge in [0.05, 0.1) is 0 Å². The van der Waals surface area contributed by atoms with E-state index < -0.39 is 0 Å². The molecular formula is C11H25NO. The SMILES string of the molecule is CCCCO.CNC1CC1C(C)C. The highest BCUT2D eigenvalue weighted by Gasteiger charge is 2.37. The molecule has 0 bridgehead atoms. The van der Waals surface area contributed by atoms with Crippen LogP contribution >= 0.6 is 0 Å². The summed E-state index contributed by atoms with van der Waals surface area (Å²) in [7, 11) is 2.05. The summed E-state index contributed by atoms with van der Waals surface area (Å²) in [6.07, 6.45) is 3.44. The minimum Gasteiger partial charge on any atom is -0.396 e. The molecule has 0 aliphatic heterocycles. The molecule has 2 unspecified atom stereocenters. The lowest BCUT2D eigenvalue weighted by molar-refractivity contribution is 0.287. The van der Waals surface area contributed by atoms with Gasteiger partial charge in [0.15, 0.2) is 0 Å². The second-order valence-corrected chi connectivity index (χ2v) is 4.12. The Balaban J connectivity index is 0.000000252. The van der Waals surface area contributed by atoms with Crippen LogP contribution in [-0.4, -0.2) is 24.8 Å². The van der Waals surface area contributed by atoms with Gasteiger partial charge in [-0.2, -0.15) is 0 Å². The molecule has 0 spiro atoms. The summed E-state index contributed by atoms with van der Waals surface area (Å²) in [6.45, 7) is 6.98. The topological polar surface area (TPSA) is 32.3 Å². The van der Waals surface area contributed by atoms with Crippen LogP contribution in [0.3, 0.4) is 0 Å². The molecule has 2 atom stereocenters. The predicted molar refractivity (Wildman–Crippen MR) is 57.8 cm³/mol. The molecule has 0 amide bonds. The average Bonchev–Trinajstić information content (AvgIpc) is 2.85. The predicted octanol–water partition coefficient (Wildman–Crippen LogP) is 2.03. The number of hydrogen-bond donors (Lipinski definition) is 2. The van der Waals surface area contributed by atoms with E-state index in [-0.39, 0.29) is 0 Å². The van der Waals surface area contributed by atoms with E-state index in [1.54, 1.807) is 0 Å². The maximum atomic E-state index is 8.07. The zero-order chi connectivity index (χ0) is 10.3. The van der Waals surface area contributed by atoms with Gasteiger partial charge < -0.3 is 10.4 Å². The maximum absolute atomic E-state index is 8.07. The molecule has 0 radical (unpaired) electrons. The largest absolute Gasteiger partial charge is 0.396 e. The fourth-order valence-electron chi connectivity index (χ4n) is 1.44. The lowest BCUT2D eigenvalue weighted by Gasteiger charge is -1.99.